The van der Waals surface area contributed by atoms with Gasteiger partial charge in [0.2, 0.25) is 5.91 Å². The van der Waals surface area contributed by atoms with Crippen LogP contribution in [0.3, 0.4) is 0 Å². The molecule has 1 aliphatic rings. The van der Waals surface area contributed by atoms with Gasteiger partial charge in [-0.2, -0.15) is 13.2 Å². The highest BCUT2D eigenvalue weighted by Crippen LogP contribution is 2.25. The Bertz CT molecular complexity index is 572. The standard InChI is InChI=1S/C17H24F3N3O2S/c18-17(19,20)8-9-23(13-5-2-1-3-6-13)12-15(24)22-16(25)21-11-14-7-4-10-26-14/h4,7,10,13H,1-3,5-6,8-9,11-12H2,(H2,21,22,24,25). The number of alkyl halides is 3. The Kier molecular flexibility index (Phi) is 7.89. The lowest BCUT2D eigenvalue weighted by molar-refractivity contribution is -0.141. The summed E-state index contributed by atoms with van der Waals surface area (Å²) < 4.78 is 37.7. The molecule has 1 heterocycles. The highest BCUT2D eigenvalue weighted by molar-refractivity contribution is 7.09. The minimum absolute atomic E-state index is 0.0361. The van der Waals surface area contributed by atoms with Crippen LogP contribution in [-0.2, 0) is 11.3 Å². The fraction of sp³-hybridized carbons (Fsp3) is 0.647. The van der Waals surface area contributed by atoms with Gasteiger partial charge < -0.3 is 5.32 Å². The SMILES string of the molecule is O=C(CN(CCC(F)(F)F)C1CCCCC1)NC(=O)NCc1cccs1. The first-order valence-corrected chi connectivity index (χ1v) is 9.62. The quantitative estimate of drug-likeness (QED) is 0.746. The first-order valence-electron chi connectivity index (χ1n) is 8.74. The lowest BCUT2D eigenvalue weighted by atomic mass is 9.94. The summed E-state index contributed by atoms with van der Waals surface area (Å²) in [6, 6.07) is 3.04. The Labute approximate surface area is 154 Å². The third kappa shape index (κ3) is 7.74. The maximum Gasteiger partial charge on any atom is 0.390 e. The van der Waals surface area contributed by atoms with E-state index in [1.54, 1.807) is 4.90 Å². The van der Waals surface area contributed by atoms with Crippen LogP contribution in [0.2, 0.25) is 0 Å². The predicted octanol–water partition coefficient (Wildman–Crippen LogP) is 3.66. The highest BCUT2D eigenvalue weighted by atomic mass is 32.1. The van der Waals surface area contributed by atoms with Crippen molar-refractivity contribution in [1.82, 2.24) is 15.5 Å². The zero-order chi connectivity index (χ0) is 19.0. The summed E-state index contributed by atoms with van der Waals surface area (Å²) in [4.78, 5) is 26.4. The molecule has 1 aromatic heterocycles. The van der Waals surface area contributed by atoms with Gasteiger partial charge >= 0.3 is 12.2 Å². The zero-order valence-electron chi connectivity index (χ0n) is 14.5. The number of imide groups is 1. The number of carbonyl (C=O) groups is 2. The van der Waals surface area contributed by atoms with Crippen molar-refractivity contribution >= 4 is 23.3 Å². The molecule has 0 aromatic carbocycles. The summed E-state index contributed by atoms with van der Waals surface area (Å²) in [6.07, 6.45) is -0.665. The van der Waals surface area contributed by atoms with Gasteiger partial charge in [0.15, 0.2) is 0 Å². The van der Waals surface area contributed by atoms with Crippen LogP contribution < -0.4 is 10.6 Å². The van der Waals surface area contributed by atoms with Crippen molar-refractivity contribution < 1.29 is 22.8 Å². The molecule has 0 bridgehead atoms. The van der Waals surface area contributed by atoms with Crippen LogP contribution in [0.25, 0.3) is 0 Å². The largest absolute Gasteiger partial charge is 0.390 e. The van der Waals surface area contributed by atoms with Crippen molar-refractivity contribution in [2.75, 3.05) is 13.1 Å². The fourth-order valence-electron chi connectivity index (χ4n) is 3.08. The van der Waals surface area contributed by atoms with Gasteiger partial charge in [-0.1, -0.05) is 25.3 Å². The third-order valence-electron chi connectivity index (χ3n) is 4.38. The molecule has 2 rings (SSSR count). The summed E-state index contributed by atoms with van der Waals surface area (Å²) in [6.45, 7) is -0.122. The lowest BCUT2D eigenvalue weighted by Crippen LogP contribution is -2.48. The average Bonchev–Trinajstić information content (AvgIpc) is 3.10. The van der Waals surface area contributed by atoms with Crippen molar-refractivity contribution in [3.05, 3.63) is 22.4 Å². The normalized spacial score (nSPS) is 15.8. The van der Waals surface area contributed by atoms with Crippen molar-refractivity contribution in [1.29, 1.82) is 0 Å². The first-order chi connectivity index (χ1) is 12.3. The van der Waals surface area contributed by atoms with Gasteiger partial charge in [0.25, 0.3) is 0 Å². The van der Waals surface area contributed by atoms with E-state index < -0.39 is 24.5 Å². The Morgan fingerprint density at radius 2 is 1.96 bits per heavy atom. The lowest BCUT2D eigenvalue weighted by Gasteiger charge is -2.34. The van der Waals surface area contributed by atoms with Crippen molar-refractivity contribution in [3.8, 4) is 0 Å². The van der Waals surface area contributed by atoms with Crippen LogP contribution in [0.4, 0.5) is 18.0 Å². The van der Waals surface area contributed by atoms with Crippen LogP contribution in [0, 0.1) is 0 Å². The molecule has 0 unspecified atom stereocenters. The molecule has 0 spiro atoms. The molecule has 26 heavy (non-hydrogen) atoms. The van der Waals surface area contributed by atoms with E-state index in [-0.39, 0.29) is 19.1 Å². The second-order valence-corrected chi connectivity index (χ2v) is 7.47. The number of hydrogen-bond donors (Lipinski definition) is 2. The number of urea groups is 1. The van der Waals surface area contributed by atoms with Crippen molar-refractivity contribution in [2.45, 2.75) is 57.3 Å². The molecule has 9 heteroatoms. The van der Waals surface area contributed by atoms with E-state index in [1.807, 2.05) is 17.5 Å². The maximum absolute atomic E-state index is 12.6. The molecule has 0 radical (unpaired) electrons. The third-order valence-corrected chi connectivity index (χ3v) is 5.25. The second-order valence-electron chi connectivity index (χ2n) is 6.44. The van der Waals surface area contributed by atoms with E-state index in [9.17, 15) is 22.8 Å². The predicted molar refractivity (Wildman–Crippen MR) is 93.8 cm³/mol. The van der Waals surface area contributed by atoms with E-state index in [4.69, 9.17) is 0 Å². The van der Waals surface area contributed by atoms with Crippen LogP contribution >= 0.6 is 11.3 Å². The summed E-state index contributed by atoms with van der Waals surface area (Å²) in [5.41, 5.74) is 0. The molecule has 146 valence electrons. The number of amides is 3. The Hall–Kier alpha value is -1.61. The number of thiophene rings is 1. The zero-order valence-corrected chi connectivity index (χ0v) is 15.3. The van der Waals surface area contributed by atoms with E-state index >= 15 is 0 Å². The molecular formula is C17H24F3N3O2S. The minimum atomic E-state index is -4.26. The monoisotopic (exact) mass is 391 g/mol. The first kappa shape index (κ1) is 20.7. The molecule has 3 amide bonds. The van der Waals surface area contributed by atoms with E-state index in [2.05, 4.69) is 10.6 Å². The van der Waals surface area contributed by atoms with Crippen molar-refractivity contribution in [3.63, 3.8) is 0 Å². The average molecular weight is 391 g/mol. The number of rotatable bonds is 7. The summed E-state index contributed by atoms with van der Waals surface area (Å²) in [7, 11) is 0. The Balaban J connectivity index is 1.82. The fourth-order valence-corrected chi connectivity index (χ4v) is 3.73. The molecule has 0 atom stereocenters. The summed E-state index contributed by atoms with van der Waals surface area (Å²) in [5.74, 6) is -0.582. The van der Waals surface area contributed by atoms with Crippen LogP contribution in [-0.4, -0.2) is 42.1 Å². The molecule has 0 aliphatic heterocycles. The summed E-state index contributed by atoms with van der Waals surface area (Å²) in [5, 5.41) is 6.65. The highest BCUT2D eigenvalue weighted by Gasteiger charge is 2.31. The topological polar surface area (TPSA) is 61.4 Å². The second kappa shape index (κ2) is 9.91. The van der Waals surface area contributed by atoms with Crippen LogP contribution in [0.5, 0.6) is 0 Å². The van der Waals surface area contributed by atoms with Gasteiger partial charge in [-0.3, -0.25) is 15.0 Å². The molecule has 2 N–H and O–H groups in total. The molecule has 1 saturated carbocycles. The van der Waals surface area contributed by atoms with Gasteiger partial charge in [-0.05, 0) is 24.3 Å². The minimum Gasteiger partial charge on any atom is -0.333 e. The number of nitrogens with one attached hydrogen (secondary N) is 2. The van der Waals surface area contributed by atoms with Crippen molar-refractivity contribution in [2.24, 2.45) is 0 Å². The van der Waals surface area contributed by atoms with E-state index in [1.165, 1.54) is 11.3 Å². The number of carbonyl (C=O) groups excluding carboxylic acids is 2. The molecule has 1 aliphatic carbocycles. The van der Waals surface area contributed by atoms with Gasteiger partial charge in [-0.25, -0.2) is 4.79 Å². The number of nitrogens with zero attached hydrogens (tertiary/aromatic N) is 1. The molecular weight excluding hydrogens is 367 g/mol. The van der Waals surface area contributed by atoms with Gasteiger partial charge in [0, 0.05) is 17.5 Å². The van der Waals surface area contributed by atoms with E-state index in [0.29, 0.717) is 6.54 Å². The van der Waals surface area contributed by atoms with Crippen LogP contribution in [0.15, 0.2) is 17.5 Å². The van der Waals surface area contributed by atoms with Gasteiger partial charge in [-0.15, -0.1) is 11.3 Å². The smallest absolute Gasteiger partial charge is 0.333 e. The maximum atomic E-state index is 12.6. The van der Waals surface area contributed by atoms with E-state index in [0.717, 1.165) is 37.0 Å². The molecule has 1 aromatic rings. The van der Waals surface area contributed by atoms with Crippen LogP contribution in [0.1, 0.15) is 43.4 Å². The Morgan fingerprint density at radius 3 is 2.58 bits per heavy atom. The molecule has 1 fully saturated rings. The number of halogens is 3. The Morgan fingerprint density at radius 1 is 1.23 bits per heavy atom. The van der Waals surface area contributed by atoms with Gasteiger partial charge in [0.05, 0.1) is 19.5 Å². The summed E-state index contributed by atoms with van der Waals surface area (Å²) >= 11 is 1.48. The van der Waals surface area contributed by atoms with Gasteiger partial charge in [0.1, 0.15) is 0 Å². The molecule has 0 saturated heterocycles. The molecule has 5 nitrogen and oxygen atoms in total. The number of hydrogen-bond acceptors (Lipinski definition) is 4.